The first-order valence-corrected chi connectivity index (χ1v) is 11.7. The Labute approximate surface area is 202 Å². The van der Waals surface area contributed by atoms with Crippen LogP contribution in [0.4, 0.5) is 5.69 Å². The number of hydrogen-bond donors (Lipinski definition) is 1. The van der Waals surface area contributed by atoms with Crippen molar-refractivity contribution >= 4 is 11.6 Å². The lowest BCUT2D eigenvalue weighted by Crippen LogP contribution is -2.52. The zero-order valence-corrected chi connectivity index (χ0v) is 20.2. The highest BCUT2D eigenvalue weighted by atomic mass is 16.5. The van der Waals surface area contributed by atoms with Gasteiger partial charge >= 0.3 is 0 Å². The number of benzene rings is 3. The van der Waals surface area contributed by atoms with Crippen molar-refractivity contribution in [3.63, 3.8) is 0 Å². The van der Waals surface area contributed by atoms with Crippen molar-refractivity contribution in [1.29, 1.82) is 0 Å². The fourth-order valence-corrected chi connectivity index (χ4v) is 4.41. The molecule has 1 aliphatic rings. The highest BCUT2D eigenvalue weighted by molar-refractivity contribution is 5.98. The summed E-state index contributed by atoms with van der Waals surface area (Å²) in [5.41, 5.74) is 4.16. The van der Waals surface area contributed by atoms with Crippen LogP contribution in [0.15, 0.2) is 72.8 Å². The fourth-order valence-electron chi connectivity index (χ4n) is 4.41. The number of hydrogen-bond acceptors (Lipinski definition) is 5. The van der Waals surface area contributed by atoms with Crippen LogP contribution >= 0.6 is 0 Å². The van der Waals surface area contributed by atoms with Gasteiger partial charge in [0.15, 0.2) is 11.5 Å². The van der Waals surface area contributed by atoms with Gasteiger partial charge < -0.3 is 14.8 Å². The van der Waals surface area contributed by atoms with Crippen LogP contribution in [0.5, 0.6) is 11.5 Å². The summed E-state index contributed by atoms with van der Waals surface area (Å²) in [6, 6.07) is 24.0. The first kappa shape index (κ1) is 23.8. The third kappa shape index (κ3) is 5.58. The number of carbonyl (C=O) groups excluding carboxylic acids is 1. The summed E-state index contributed by atoms with van der Waals surface area (Å²) in [4.78, 5) is 17.8. The smallest absolute Gasteiger partial charge is 0.241 e. The van der Waals surface area contributed by atoms with Crippen LogP contribution in [-0.4, -0.2) is 62.1 Å². The largest absolute Gasteiger partial charge is 0.493 e. The van der Waals surface area contributed by atoms with Crippen molar-refractivity contribution in [3.05, 3.63) is 78.4 Å². The quantitative estimate of drug-likeness (QED) is 0.537. The van der Waals surface area contributed by atoms with E-state index >= 15 is 0 Å². The summed E-state index contributed by atoms with van der Waals surface area (Å²) in [6.07, 6.45) is 0. The van der Waals surface area contributed by atoms with Crippen molar-refractivity contribution in [3.8, 4) is 22.6 Å². The van der Waals surface area contributed by atoms with Gasteiger partial charge in [0.25, 0.3) is 0 Å². The Morgan fingerprint density at radius 3 is 2.26 bits per heavy atom. The maximum absolute atomic E-state index is 13.1. The molecule has 34 heavy (non-hydrogen) atoms. The molecule has 6 heteroatoms. The third-order valence-electron chi connectivity index (χ3n) is 6.46. The molecule has 0 spiro atoms. The average molecular weight is 460 g/mol. The van der Waals surface area contributed by atoms with Crippen molar-refractivity contribution in [2.45, 2.75) is 19.5 Å². The van der Waals surface area contributed by atoms with Gasteiger partial charge in [-0.2, -0.15) is 0 Å². The fraction of sp³-hybridized carbons (Fsp3) is 0.321. The Kier molecular flexibility index (Phi) is 7.83. The van der Waals surface area contributed by atoms with E-state index in [1.807, 2.05) is 61.5 Å². The van der Waals surface area contributed by atoms with E-state index < -0.39 is 0 Å². The van der Waals surface area contributed by atoms with Gasteiger partial charge in [-0.15, -0.1) is 0 Å². The molecule has 3 aromatic rings. The number of ether oxygens (including phenoxy) is 2. The topological polar surface area (TPSA) is 54.0 Å². The molecule has 1 heterocycles. The van der Waals surface area contributed by atoms with Gasteiger partial charge in [-0.05, 0) is 36.2 Å². The minimum absolute atomic E-state index is 0.0247. The average Bonchev–Trinajstić information content (AvgIpc) is 2.89. The number of rotatable bonds is 8. The molecule has 1 atom stereocenters. The predicted molar refractivity (Wildman–Crippen MR) is 136 cm³/mol. The molecule has 6 nitrogen and oxygen atoms in total. The Morgan fingerprint density at radius 1 is 0.882 bits per heavy atom. The van der Waals surface area contributed by atoms with Crippen molar-refractivity contribution in [2.75, 3.05) is 45.7 Å². The van der Waals surface area contributed by atoms with Gasteiger partial charge in [-0.3, -0.25) is 14.6 Å². The summed E-state index contributed by atoms with van der Waals surface area (Å²) in [7, 11) is 3.30. The van der Waals surface area contributed by atoms with E-state index in [0.717, 1.165) is 61.0 Å². The van der Waals surface area contributed by atoms with Crippen LogP contribution in [0.2, 0.25) is 0 Å². The first-order valence-electron chi connectivity index (χ1n) is 11.7. The standard InChI is InChI=1S/C28H33N3O3/c1-21(28(32)29-25-12-8-7-11-24(25)23-9-5-4-6-10-23)31-17-15-30(16-18-31)20-22-13-14-26(33-2)27(19-22)34-3/h4-14,19,21H,15-18,20H2,1-3H3,(H,29,32). The highest BCUT2D eigenvalue weighted by Crippen LogP contribution is 2.29. The molecule has 1 amide bonds. The molecule has 3 aromatic carbocycles. The molecule has 0 saturated carbocycles. The predicted octanol–water partition coefficient (Wildman–Crippen LogP) is 4.52. The van der Waals surface area contributed by atoms with E-state index in [1.54, 1.807) is 14.2 Å². The number of carbonyl (C=O) groups is 1. The van der Waals surface area contributed by atoms with E-state index in [-0.39, 0.29) is 11.9 Å². The molecule has 1 aliphatic heterocycles. The monoisotopic (exact) mass is 459 g/mol. The summed E-state index contributed by atoms with van der Waals surface area (Å²) in [5, 5.41) is 3.16. The SMILES string of the molecule is COc1ccc(CN2CCN(C(C)C(=O)Nc3ccccc3-c3ccccc3)CC2)cc1OC. The summed E-state index contributed by atoms with van der Waals surface area (Å²) in [6.45, 7) is 6.35. The highest BCUT2D eigenvalue weighted by Gasteiger charge is 2.26. The number of nitrogens with zero attached hydrogens (tertiary/aromatic N) is 2. The molecule has 1 fully saturated rings. The minimum atomic E-state index is -0.202. The molecule has 1 unspecified atom stereocenters. The number of nitrogens with one attached hydrogen (secondary N) is 1. The molecule has 0 radical (unpaired) electrons. The lowest BCUT2D eigenvalue weighted by molar-refractivity contribution is -0.121. The van der Waals surface area contributed by atoms with Gasteiger partial charge in [0, 0.05) is 44.0 Å². The zero-order chi connectivity index (χ0) is 23.9. The molecular formula is C28H33N3O3. The Morgan fingerprint density at radius 2 is 1.56 bits per heavy atom. The maximum Gasteiger partial charge on any atom is 0.241 e. The van der Waals surface area contributed by atoms with Crippen LogP contribution in [0.3, 0.4) is 0 Å². The number of methoxy groups -OCH3 is 2. The van der Waals surface area contributed by atoms with Crippen LogP contribution < -0.4 is 14.8 Å². The normalized spacial score (nSPS) is 15.5. The summed E-state index contributed by atoms with van der Waals surface area (Å²) < 4.78 is 10.8. The van der Waals surface area contributed by atoms with Gasteiger partial charge in [0.2, 0.25) is 5.91 Å². The van der Waals surface area contributed by atoms with Crippen LogP contribution in [0.25, 0.3) is 11.1 Å². The molecule has 0 bridgehead atoms. The van der Waals surface area contributed by atoms with Gasteiger partial charge in [-0.1, -0.05) is 54.6 Å². The van der Waals surface area contributed by atoms with Crippen molar-refractivity contribution in [2.24, 2.45) is 0 Å². The van der Waals surface area contributed by atoms with Gasteiger partial charge in [0.05, 0.1) is 20.3 Å². The Bertz CT molecular complexity index is 1100. The van der Waals surface area contributed by atoms with Gasteiger partial charge in [0.1, 0.15) is 0 Å². The van der Waals surface area contributed by atoms with Crippen LogP contribution in [0, 0.1) is 0 Å². The van der Waals surface area contributed by atoms with Crippen LogP contribution in [0.1, 0.15) is 12.5 Å². The maximum atomic E-state index is 13.1. The third-order valence-corrected chi connectivity index (χ3v) is 6.46. The lowest BCUT2D eigenvalue weighted by atomic mass is 10.0. The Hall–Kier alpha value is -3.35. The molecule has 0 aliphatic carbocycles. The molecule has 1 saturated heterocycles. The summed E-state index contributed by atoms with van der Waals surface area (Å²) >= 11 is 0. The second-order valence-electron chi connectivity index (χ2n) is 8.58. The number of anilines is 1. The van der Waals surface area contributed by atoms with E-state index in [0.29, 0.717) is 0 Å². The van der Waals surface area contributed by atoms with Gasteiger partial charge in [-0.25, -0.2) is 0 Å². The van der Waals surface area contributed by atoms with Crippen LogP contribution in [-0.2, 0) is 11.3 Å². The number of amides is 1. The molecular weight excluding hydrogens is 426 g/mol. The second-order valence-corrected chi connectivity index (χ2v) is 8.58. The summed E-state index contributed by atoms with van der Waals surface area (Å²) in [5.74, 6) is 1.51. The van der Waals surface area contributed by atoms with E-state index in [2.05, 4.69) is 33.3 Å². The van der Waals surface area contributed by atoms with Crippen molar-refractivity contribution < 1.29 is 14.3 Å². The molecule has 4 rings (SSSR count). The number of piperazine rings is 1. The van der Waals surface area contributed by atoms with Crippen molar-refractivity contribution in [1.82, 2.24) is 9.80 Å². The first-order chi connectivity index (χ1) is 16.6. The zero-order valence-electron chi connectivity index (χ0n) is 20.2. The molecule has 1 N–H and O–H groups in total. The lowest BCUT2D eigenvalue weighted by Gasteiger charge is -2.37. The van der Waals surface area contributed by atoms with E-state index in [9.17, 15) is 4.79 Å². The van der Waals surface area contributed by atoms with E-state index in [4.69, 9.17) is 9.47 Å². The minimum Gasteiger partial charge on any atom is -0.493 e. The molecule has 178 valence electrons. The Balaban J connectivity index is 1.33. The second kappa shape index (κ2) is 11.2. The molecule has 0 aromatic heterocycles. The van der Waals surface area contributed by atoms with E-state index in [1.165, 1.54) is 5.56 Å². The number of para-hydroxylation sites is 1.